The molecule has 1 aromatic rings. The van der Waals surface area contributed by atoms with Crippen molar-refractivity contribution in [1.82, 2.24) is 25.5 Å². The van der Waals surface area contributed by atoms with Gasteiger partial charge in [-0.2, -0.15) is 4.80 Å². The third kappa shape index (κ3) is 2.79. The van der Waals surface area contributed by atoms with Crippen LogP contribution in [0.4, 0.5) is 0 Å². The summed E-state index contributed by atoms with van der Waals surface area (Å²) in [4.78, 5) is 12.0. The van der Waals surface area contributed by atoms with Gasteiger partial charge in [0.25, 0.3) is 0 Å². The summed E-state index contributed by atoms with van der Waals surface area (Å²) in [5.41, 5.74) is 5.04. The second kappa shape index (κ2) is 3.94. The molecule has 1 atom stereocenters. The zero-order valence-electron chi connectivity index (χ0n) is 7.56. The third-order valence-corrected chi connectivity index (χ3v) is 1.54. The molecule has 1 amide bonds. The molecule has 0 aliphatic carbocycles. The number of amides is 1. The highest BCUT2D eigenvalue weighted by Gasteiger charge is 2.08. The first-order valence-corrected chi connectivity index (χ1v) is 3.85. The maximum atomic E-state index is 10.6. The maximum Gasteiger partial charge on any atom is 0.234 e. The lowest BCUT2D eigenvalue weighted by molar-refractivity contribution is -0.119. The number of primary amides is 1. The number of carbonyl (C=O) groups is 1. The van der Waals surface area contributed by atoms with E-state index in [-0.39, 0.29) is 6.04 Å². The van der Waals surface area contributed by atoms with Crippen molar-refractivity contribution in [2.75, 3.05) is 0 Å². The molecule has 0 bridgehead atoms. The predicted octanol–water partition coefficient (Wildman–Crippen LogP) is -1.83. The fraction of sp³-hybridized carbons (Fsp3) is 0.667. The van der Waals surface area contributed by atoms with E-state index in [9.17, 15) is 4.79 Å². The lowest BCUT2D eigenvalue weighted by atomic mass is 10.3. The summed E-state index contributed by atoms with van der Waals surface area (Å²) in [6.45, 7) is 2.07. The minimum absolute atomic E-state index is 0.385. The summed E-state index contributed by atoms with van der Waals surface area (Å²) in [5.74, 6) is 0.138. The number of rotatable bonds is 4. The Morgan fingerprint density at radius 3 is 2.92 bits per heavy atom. The highest BCUT2D eigenvalue weighted by atomic mass is 16.1. The van der Waals surface area contributed by atoms with Crippen LogP contribution >= 0.6 is 0 Å². The number of aryl methyl sites for hydroxylation is 1. The molecule has 0 spiro atoms. The van der Waals surface area contributed by atoms with E-state index in [1.807, 2.05) is 0 Å². The predicted molar refractivity (Wildman–Crippen MR) is 44.3 cm³/mol. The molecule has 0 aliphatic rings. The van der Waals surface area contributed by atoms with E-state index in [2.05, 4.69) is 20.7 Å². The molecule has 1 unspecified atom stereocenters. The molecule has 1 rings (SSSR count). The first-order chi connectivity index (χ1) is 6.09. The Morgan fingerprint density at radius 1 is 1.77 bits per heavy atom. The van der Waals surface area contributed by atoms with Gasteiger partial charge in [0, 0.05) is 0 Å². The average Bonchev–Trinajstić information content (AvgIpc) is 2.47. The van der Waals surface area contributed by atoms with E-state index in [0.717, 1.165) is 0 Å². The first kappa shape index (κ1) is 9.59. The second-order valence-electron chi connectivity index (χ2n) is 2.70. The quantitative estimate of drug-likeness (QED) is 0.573. The van der Waals surface area contributed by atoms with Crippen LogP contribution in [0.3, 0.4) is 0 Å². The van der Waals surface area contributed by atoms with Crippen LogP contribution in [-0.2, 0) is 18.4 Å². The number of nitrogens with zero attached hydrogens (tertiary/aromatic N) is 4. The molecule has 13 heavy (non-hydrogen) atoms. The Bertz CT molecular complexity index is 295. The average molecular weight is 184 g/mol. The number of nitrogens with one attached hydrogen (secondary N) is 1. The number of nitrogens with two attached hydrogens (primary N) is 1. The van der Waals surface area contributed by atoms with Gasteiger partial charge in [0.05, 0.1) is 19.6 Å². The lowest BCUT2D eigenvalue weighted by Crippen LogP contribution is -2.38. The summed E-state index contributed by atoms with van der Waals surface area (Å²) >= 11 is 0. The maximum absolute atomic E-state index is 10.6. The van der Waals surface area contributed by atoms with Crippen molar-refractivity contribution in [1.29, 1.82) is 0 Å². The smallest absolute Gasteiger partial charge is 0.234 e. The molecule has 0 aliphatic heterocycles. The summed E-state index contributed by atoms with van der Waals surface area (Å²) in [7, 11) is 1.67. The molecule has 1 heterocycles. The highest BCUT2D eigenvalue weighted by Crippen LogP contribution is 1.86. The summed E-state index contributed by atoms with van der Waals surface area (Å²) in [6, 6.07) is -0.385. The highest BCUT2D eigenvalue weighted by molar-refractivity contribution is 5.79. The molecular formula is C6H12N6O. The largest absolute Gasteiger partial charge is 0.368 e. The van der Waals surface area contributed by atoms with E-state index in [4.69, 9.17) is 5.73 Å². The number of tetrazole rings is 1. The molecule has 7 heteroatoms. The van der Waals surface area contributed by atoms with Crippen molar-refractivity contribution in [2.24, 2.45) is 12.8 Å². The Kier molecular flexibility index (Phi) is 2.91. The Balaban J connectivity index is 2.39. The molecule has 1 aromatic heterocycles. The van der Waals surface area contributed by atoms with Crippen LogP contribution in [0.2, 0.25) is 0 Å². The van der Waals surface area contributed by atoms with Gasteiger partial charge in [-0.3, -0.25) is 10.1 Å². The standard InChI is InChI=1S/C6H12N6O/c1-4(6(7)13)8-3-5-9-11-12(2)10-5/h4,8H,3H2,1-2H3,(H2,7,13). The summed E-state index contributed by atoms with van der Waals surface area (Å²) in [5, 5.41) is 14.2. The Labute approximate surface area is 75.3 Å². The van der Waals surface area contributed by atoms with Gasteiger partial charge in [-0.1, -0.05) is 0 Å². The normalized spacial score (nSPS) is 12.8. The van der Waals surface area contributed by atoms with Gasteiger partial charge in [-0.05, 0) is 12.1 Å². The van der Waals surface area contributed by atoms with Crippen LogP contribution in [0.25, 0.3) is 0 Å². The van der Waals surface area contributed by atoms with E-state index in [1.165, 1.54) is 4.80 Å². The zero-order valence-corrected chi connectivity index (χ0v) is 7.56. The van der Waals surface area contributed by atoms with E-state index in [0.29, 0.717) is 12.4 Å². The van der Waals surface area contributed by atoms with Gasteiger partial charge in [-0.25, -0.2) is 0 Å². The second-order valence-corrected chi connectivity index (χ2v) is 2.70. The van der Waals surface area contributed by atoms with Crippen LogP contribution in [0.1, 0.15) is 12.7 Å². The summed E-state index contributed by atoms with van der Waals surface area (Å²) in [6.07, 6.45) is 0. The van der Waals surface area contributed by atoms with Crippen LogP contribution in [0.15, 0.2) is 0 Å². The fourth-order valence-corrected chi connectivity index (χ4v) is 0.739. The number of aromatic nitrogens is 4. The van der Waals surface area contributed by atoms with Gasteiger partial charge >= 0.3 is 0 Å². The fourth-order valence-electron chi connectivity index (χ4n) is 0.739. The van der Waals surface area contributed by atoms with Crippen molar-refractivity contribution < 1.29 is 4.79 Å². The van der Waals surface area contributed by atoms with Crippen LogP contribution in [0, 0.1) is 0 Å². The Hall–Kier alpha value is -1.50. The molecule has 72 valence electrons. The summed E-state index contributed by atoms with van der Waals surface area (Å²) < 4.78 is 0. The molecule has 7 nitrogen and oxygen atoms in total. The van der Waals surface area contributed by atoms with Crippen molar-refractivity contribution in [2.45, 2.75) is 19.5 Å². The van der Waals surface area contributed by atoms with Crippen LogP contribution < -0.4 is 11.1 Å². The van der Waals surface area contributed by atoms with Gasteiger partial charge in [0.2, 0.25) is 5.91 Å². The minimum atomic E-state index is -0.399. The van der Waals surface area contributed by atoms with E-state index in [1.54, 1.807) is 14.0 Å². The molecule has 0 saturated heterocycles. The molecular weight excluding hydrogens is 172 g/mol. The van der Waals surface area contributed by atoms with Crippen LogP contribution in [-0.4, -0.2) is 32.2 Å². The van der Waals surface area contributed by atoms with E-state index >= 15 is 0 Å². The molecule has 0 fully saturated rings. The minimum Gasteiger partial charge on any atom is -0.368 e. The van der Waals surface area contributed by atoms with Crippen molar-refractivity contribution in [3.05, 3.63) is 5.82 Å². The molecule has 3 N–H and O–H groups in total. The topological polar surface area (TPSA) is 98.7 Å². The number of hydrogen-bond acceptors (Lipinski definition) is 5. The zero-order chi connectivity index (χ0) is 9.84. The molecule has 0 radical (unpaired) electrons. The SMILES string of the molecule is CC(NCc1nnn(C)n1)C(N)=O. The first-order valence-electron chi connectivity index (χ1n) is 3.85. The number of hydrogen-bond donors (Lipinski definition) is 2. The molecule has 0 saturated carbocycles. The number of carbonyl (C=O) groups excluding carboxylic acids is 1. The van der Waals surface area contributed by atoms with Gasteiger partial charge in [0.1, 0.15) is 0 Å². The third-order valence-electron chi connectivity index (χ3n) is 1.54. The van der Waals surface area contributed by atoms with Crippen LogP contribution in [0.5, 0.6) is 0 Å². The van der Waals surface area contributed by atoms with Crippen molar-refractivity contribution >= 4 is 5.91 Å². The van der Waals surface area contributed by atoms with Gasteiger partial charge in [-0.15, -0.1) is 10.2 Å². The monoisotopic (exact) mass is 184 g/mol. The lowest BCUT2D eigenvalue weighted by Gasteiger charge is -2.06. The van der Waals surface area contributed by atoms with Gasteiger partial charge < -0.3 is 5.73 Å². The van der Waals surface area contributed by atoms with Gasteiger partial charge in [0.15, 0.2) is 5.82 Å². The van der Waals surface area contributed by atoms with Crippen molar-refractivity contribution in [3.63, 3.8) is 0 Å². The van der Waals surface area contributed by atoms with Crippen molar-refractivity contribution in [3.8, 4) is 0 Å². The Morgan fingerprint density at radius 2 is 2.46 bits per heavy atom. The molecule has 0 aromatic carbocycles. The van der Waals surface area contributed by atoms with E-state index < -0.39 is 5.91 Å².